The molecule has 2 fully saturated rings. The van der Waals surface area contributed by atoms with Crippen LogP contribution in [-0.4, -0.2) is 37.1 Å². The first-order chi connectivity index (χ1) is 10.8. The molecule has 3 nitrogen and oxygen atoms in total. The number of benzene rings is 1. The molecular weight excluding hydrogens is 270 g/mol. The van der Waals surface area contributed by atoms with Crippen LogP contribution in [0.5, 0.6) is 0 Å². The van der Waals surface area contributed by atoms with Crippen molar-refractivity contribution in [1.29, 1.82) is 5.26 Å². The molecule has 118 valence electrons. The predicted molar refractivity (Wildman–Crippen MR) is 89.8 cm³/mol. The van der Waals surface area contributed by atoms with Gasteiger partial charge in [0.25, 0.3) is 0 Å². The Labute approximate surface area is 134 Å². The third-order valence-corrected chi connectivity index (χ3v) is 5.27. The van der Waals surface area contributed by atoms with Gasteiger partial charge in [-0.2, -0.15) is 5.26 Å². The molecule has 1 N–H and O–H groups in total. The molecule has 2 aliphatic rings. The van der Waals surface area contributed by atoms with Crippen molar-refractivity contribution in [3.05, 3.63) is 35.4 Å². The Bertz CT molecular complexity index is 506. The second-order valence-corrected chi connectivity index (χ2v) is 6.79. The van der Waals surface area contributed by atoms with Gasteiger partial charge in [0.2, 0.25) is 0 Å². The van der Waals surface area contributed by atoms with Crippen molar-refractivity contribution in [1.82, 2.24) is 10.2 Å². The van der Waals surface area contributed by atoms with Crippen molar-refractivity contribution in [2.45, 2.75) is 50.5 Å². The highest BCUT2D eigenvalue weighted by molar-refractivity contribution is 5.34. The van der Waals surface area contributed by atoms with E-state index in [0.29, 0.717) is 12.0 Å². The fraction of sp³-hybridized carbons (Fsp3) is 0.632. The van der Waals surface area contributed by atoms with Gasteiger partial charge in [0.1, 0.15) is 0 Å². The zero-order valence-electron chi connectivity index (χ0n) is 13.4. The van der Waals surface area contributed by atoms with Crippen molar-refractivity contribution >= 4 is 0 Å². The Kier molecular flexibility index (Phi) is 5.48. The van der Waals surface area contributed by atoms with E-state index in [1.165, 1.54) is 63.7 Å². The van der Waals surface area contributed by atoms with Gasteiger partial charge < -0.3 is 10.2 Å². The lowest BCUT2D eigenvalue weighted by Gasteiger charge is -2.30. The van der Waals surface area contributed by atoms with Gasteiger partial charge in [-0.3, -0.25) is 0 Å². The largest absolute Gasteiger partial charge is 0.313 e. The molecule has 0 amide bonds. The van der Waals surface area contributed by atoms with Gasteiger partial charge in [-0.1, -0.05) is 12.1 Å². The Morgan fingerprint density at radius 3 is 2.64 bits per heavy atom. The van der Waals surface area contributed by atoms with E-state index in [1.54, 1.807) is 0 Å². The maximum absolute atomic E-state index is 9.03. The molecule has 0 spiro atoms. The highest BCUT2D eigenvalue weighted by atomic mass is 15.2. The van der Waals surface area contributed by atoms with E-state index in [9.17, 15) is 0 Å². The van der Waals surface area contributed by atoms with Crippen LogP contribution in [0.4, 0.5) is 0 Å². The molecule has 1 aromatic carbocycles. The van der Waals surface area contributed by atoms with E-state index in [4.69, 9.17) is 5.26 Å². The third kappa shape index (κ3) is 4.09. The minimum Gasteiger partial charge on any atom is -0.313 e. The summed E-state index contributed by atoms with van der Waals surface area (Å²) in [6.45, 7) is 4.94. The first kappa shape index (κ1) is 15.5. The lowest BCUT2D eigenvalue weighted by Crippen LogP contribution is -2.38. The molecule has 1 aromatic rings. The van der Waals surface area contributed by atoms with E-state index in [1.807, 2.05) is 12.1 Å². The molecule has 0 aromatic heterocycles. The minimum absolute atomic E-state index is 0.643. The molecule has 3 heteroatoms. The van der Waals surface area contributed by atoms with Crippen LogP contribution in [0, 0.1) is 11.3 Å². The standard InChI is InChI=1S/C19H27N3/c20-15-16-4-3-5-18(14-16)17-6-8-19(9-7-17)21-10-13-22-11-1-2-12-22/h3-5,14,17,19,21H,1-2,6-13H2. The fourth-order valence-electron chi connectivity index (χ4n) is 3.93. The van der Waals surface area contributed by atoms with Crippen LogP contribution in [0.2, 0.25) is 0 Å². The van der Waals surface area contributed by atoms with Crippen molar-refractivity contribution in [3.63, 3.8) is 0 Å². The maximum Gasteiger partial charge on any atom is 0.0991 e. The monoisotopic (exact) mass is 297 g/mol. The molecule has 0 atom stereocenters. The summed E-state index contributed by atoms with van der Waals surface area (Å²) in [5, 5.41) is 12.8. The third-order valence-electron chi connectivity index (χ3n) is 5.27. The first-order valence-corrected chi connectivity index (χ1v) is 8.81. The van der Waals surface area contributed by atoms with E-state index in [2.05, 4.69) is 28.4 Å². The molecule has 0 radical (unpaired) electrons. The number of nitrogens with one attached hydrogen (secondary N) is 1. The zero-order valence-corrected chi connectivity index (χ0v) is 13.4. The maximum atomic E-state index is 9.03. The second kappa shape index (κ2) is 7.76. The highest BCUT2D eigenvalue weighted by Crippen LogP contribution is 2.33. The Morgan fingerprint density at radius 2 is 1.91 bits per heavy atom. The molecule has 22 heavy (non-hydrogen) atoms. The topological polar surface area (TPSA) is 39.1 Å². The van der Waals surface area contributed by atoms with Crippen LogP contribution in [0.1, 0.15) is 55.6 Å². The number of rotatable bonds is 5. The van der Waals surface area contributed by atoms with E-state index in [0.717, 1.165) is 12.1 Å². The van der Waals surface area contributed by atoms with Crippen LogP contribution >= 0.6 is 0 Å². The summed E-state index contributed by atoms with van der Waals surface area (Å²) in [4.78, 5) is 2.58. The normalized spacial score (nSPS) is 26.0. The van der Waals surface area contributed by atoms with Crippen LogP contribution in [0.25, 0.3) is 0 Å². The average molecular weight is 297 g/mol. The first-order valence-electron chi connectivity index (χ1n) is 8.81. The van der Waals surface area contributed by atoms with Gasteiger partial charge >= 0.3 is 0 Å². The van der Waals surface area contributed by atoms with Crippen LogP contribution < -0.4 is 5.32 Å². The zero-order chi connectivity index (χ0) is 15.2. The minimum atomic E-state index is 0.643. The van der Waals surface area contributed by atoms with Gasteiger partial charge in [0, 0.05) is 19.1 Å². The number of hydrogen-bond acceptors (Lipinski definition) is 3. The van der Waals surface area contributed by atoms with E-state index in [-0.39, 0.29) is 0 Å². The Morgan fingerprint density at radius 1 is 1.14 bits per heavy atom. The predicted octanol–water partition coefficient (Wildman–Crippen LogP) is 3.27. The summed E-state index contributed by atoms with van der Waals surface area (Å²) < 4.78 is 0. The molecule has 1 saturated heterocycles. The summed E-state index contributed by atoms with van der Waals surface area (Å²) >= 11 is 0. The molecule has 1 heterocycles. The van der Waals surface area contributed by atoms with Crippen LogP contribution in [0.15, 0.2) is 24.3 Å². The Hall–Kier alpha value is -1.37. The quantitative estimate of drug-likeness (QED) is 0.906. The lowest BCUT2D eigenvalue weighted by atomic mass is 9.81. The number of hydrogen-bond donors (Lipinski definition) is 1. The average Bonchev–Trinajstić information content (AvgIpc) is 3.09. The van der Waals surface area contributed by atoms with Gasteiger partial charge in [-0.25, -0.2) is 0 Å². The van der Waals surface area contributed by atoms with Crippen LogP contribution in [-0.2, 0) is 0 Å². The second-order valence-electron chi connectivity index (χ2n) is 6.79. The molecule has 0 bridgehead atoms. The molecule has 1 aliphatic carbocycles. The number of nitriles is 1. The lowest BCUT2D eigenvalue weighted by molar-refractivity contribution is 0.299. The van der Waals surface area contributed by atoms with Crippen molar-refractivity contribution in [3.8, 4) is 6.07 Å². The molecule has 3 rings (SSSR count). The highest BCUT2D eigenvalue weighted by Gasteiger charge is 2.22. The van der Waals surface area contributed by atoms with Gasteiger partial charge in [0.15, 0.2) is 0 Å². The van der Waals surface area contributed by atoms with Crippen LogP contribution in [0.3, 0.4) is 0 Å². The van der Waals surface area contributed by atoms with Crippen molar-refractivity contribution < 1.29 is 0 Å². The van der Waals surface area contributed by atoms with E-state index < -0.39 is 0 Å². The molecule has 0 unspecified atom stereocenters. The summed E-state index contributed by atoms with van der Waals surface area (Å²) in [6, 6.07) is 11.1. The smallest absolute Gasteiger partial charge is 0.0991 e. The van der Waals surface area contributed by atoms with Gasteiger partial charge in [0.05, 0.1) is 11.6 Å². The van der Waals surface area contributed by atoms with Gasteiger partial charge in [-0.15, -0.1) is 0 Å². The summed E-state index contributed by atoms with van der Waals surface area (Å²) in [5.74, 6) is 0.643. The Balaban J connectivity index is 1.41. The van der Waals surface area contributed by atoms with Crippen molar-refractivity contribution in [2.75, 3.05) is 26.2 Å². The number of likely N-dealkylation sites (tertiary alicyclic amines) is 1. The van der Waals surface area contributed by atoms with E-state index >= 15 is 0 Å². The SMILES string of the molecule is N#Cc1cccc(C2CCC(NCCN3CCCC3)CC2)c1. The summed E-state index contributed by atoms with van der Waals surface area (Å²) in [6.07, 6.45) is 7.79. The van der Waals surface area contributed by atoms with Crippen molar-refractivity contribution in [2.24, 2.45) is 0 Å². The molecular formula is C19H27N3. The fourth-order valence-corrected chi connectivity index (χ4v) is 3.93. The summed E-state index contributed by atoms with van der Waals surface area (Å²) in [7, 11) is 0. The number of nitrogens with zero attached hydrogens (tertiary/aromatic N) is 2. The summed E-state index contributed by atoms with van der Waals surface area (Å²) in [5.41, 5.74) is 2.15. The molecule has 1 aliphatic heterocycles. The molecule has 1 saturated carbocycles. The van der Waals surface area contributed by atoms with Gasteiger partial charge in [-0.05, 0) is 75.2 Å².